The molecule has 6 heteroatoms. The number of hydrogen-bond donors (Lipinski definition) is 0. The van der Waals surface area contributed by atoms with E-state index >= 15 is 0 Å². The van der Waals surface area contributed by atoms with Gasteiger partial charge in [-0.15, -0.1) is 0 Å². The first-order valence-electron chi connectivity index (χ1n) is 9.66. The Morgan fingerprint density at radius 1 is 1.04 bits per heavy atom. The SMILES string of the molecule is CC(C1CCN(Cc2cnc(N(C)C)nc2)CC1)N1CCN(C)CC1. The minimum Gasteiger partial charge on any atom is -0.347 e. The number of rotatable bonds is 5. The van der Waals surface area contributed by atoms with E-state index in [9.17, 15) is 0 Å². The second-order valence-corrected chi connectivity index (χ2v) is 7.98. The third-order valence-electron chi connectivity index (χ3n) is 5.93. The van der Waals surface area contributed by atoms with E-state index < -0.39 is 0 Å². The molecule has 2 aliphatic rings. The van der Waals surface area contributed by atoms with Crippen molar-refractivity contribution in [2.75, 3.05) is 65.3 Å². The maximum atomic E-state index is 4.43. The van der Waals surface area contributed by atoms with E-state index in [0.29, 0.717) is 0 Å². The zero-order valence-electron chi connectivity index (χ0n) is 16.4. The number of piperidine rings is 1. The molecular weight excluding hydrogens is 312 g/mol. The Hall–Kier alpha value is -1.24. The van der Waals surface area contributed by atoms with Crippen LogP contribution in [0.25, 0.3) is 0 Å². The lowest BCUT2D eigenvalue weighted by Crippen LogP contribution is -2.51. The second-order valence-electron chi connectivity index (χ2n) is 7.98. The van der Waals surface area contributed by atoms with Crippen molar-refractivity contribution >= 4 is 5.95 Å². The molecule has 1 unspecified atom stereocenters. The van der Waals surface area contributed by atoms with Gasteiger partial charge in [0.05, 0.1) is 0 Å². The summed E-state index contributed by atoms with van der Waals surface area (Å²) in [5.74, 6) is 1.62. The number of aromatic nitrogens is 2. The molecule has 1 aromatic rings. The van der Waals surface area contributed by atoms with Crippen molar-refractivity contribution in [3.05, 3.63) is 18.0 Å². The molecule has 1 aromatic heterocycles. The normalized spacial score (nSPS) is 22.9. The van der Waals surface area contributed by atoms with Crippen LogP contribution in [0.15, 0.2) is 12.4 Å². The molecule has 0 radical (unpaired) electrons. The lowest BCUT2D eigenvalue weighted by molar-refractivity contribution is 0.0598. The minimum atomic E-state index is 0.721. The third kappa shape index (κ3) is 4.90. The van der Waals surface area contributed by atoms with Crippen LogP contribution in [-0.2, 0) is 6.54 Å². The maximum absolute atomic E-state index is 4.43. The van der Waals surface area contributed by atoms with E-state index in [0.717, 1.165) is 24.5 Å². The van der Waals surface area contributed by atoms with Crippen molar-refractivity contribution in [1.29, 1.82) is 0 Å². The highest BCUT2D eigenvalue weighted by atomic mass is 15.3. The van der Waals surface area contributed by atoms with E-state index in [2.05, 4.69) is 38.6 Å². The molecule has 2 fully saturated rings. The molecule has 0 amide bonds. The number of hydrogen-bond acceptors (Lipinski definition) is 6. The Balaban J connectivity index is 1.45. The van der Waals surface area contributed by atoms with Crippen molar-refractivity contribution in [3.63, 3.8) is 0 Å². The first kappa shape index (κ1) is 18.5. The average molecular weight is 347 g/mol. The van der Waals surface area contributed by atoms with Gasteiger partial charge in [-0.3, -0.25) is 9.80 Å². The molecule has 3 rings (SSSR count). The van der Waals surface area contributed by atoms with Crippen molar-refractivity contribution in [3.8, 4) is 0 Å². The maximum Gasteiger partial charge on any atom is 0.224 e. The standard InChI is InChI=1S/C19H34N6/c1-16(25-11-9-23(4)10-12-25)18-5-7-24(8-6-18)15-17-13-20-19(21-14-17)22(2)3/h13-14,16,18H,5-12,15H2,1-4H3. The number of likely N-dealkylation sites (N-methyl/N-ethyl adjacent to an activating group) is 1. The zero-order valence-corrected chi connectivity index (χ0v) is 16.4. The molecule has 0 N–H and O–H groups in total. The van der Waals surface area contributed by atoms with Crippen LogP contribution < -0.4 is 4.90 Å². The Labute approximate surface area is 152 Å². The molecule has 3 heterocycles. The van der Waals surface area contributed by atoms with E-state index in [4.69, 9.17) is 0 Å². The fourth-order valence-electron chi connectivity index (χ4n) is 4.04. The minimum absolute atomic E-state index is 0.721. The smallest absolute Gasteiger partial charge is 0.224 e. The molecule has 2 aliphatic heterocycles. The van der Waals surface area contributed by atoms with Crippen LogP contribution in [0, 0.1) is 5.92 Å². The highest BCUT2D eigenvalue weighted by molar-refractivity contribution is 5.26. The Morgan fingerprint density at radius 2 is 1.64 bits per heavy atom. The van der Waals surface area contributed by atoms with Crippen LogP contribution >= 0.6 is 0 Å². The van der Waals surface area contributed by atoms with E-state index in [1.807, 2.05) is 31.4 Å². The molecule has 0 saturated carbocycles. The summed E-state index contributed by atoms with van der Waals surface area (Å²) in [5, 5.41) is 0. The summed E-state index contributed by atoms with van der Waals surface area (Å²) >= 11 is 0. The highest BCUT2D eigenvalue weighted by Gasteiger charge is 2.29. The second kappa shape index (κ2) is 8.43. The van der Waals surface area contributed by atoms with Gasteiger partial charge in [0.15, 0.2) is 0 Å². The van der Waals surface area contributed by atoms with E-state index in [1.54, 1.807) is 0 Å². The monoisotopic (exact) mass is 346 g/mol. The Kier molecular flexibility index (Phi) is 6.25. The third-order valence-corrected chi connectivity index (χ3v) is 5.93. The number of piperazine rings is 1. The van der Waals surface area contributed by atoms with Crippen LogP contribution in [0.4, 0.5) is 5.95 Å². The van der Waals surface area contributed by atoms with Gasteiger partial charge >= 0.3 is 0 Å². The molecule has 25 heavy (non-hydrogen) atoms. The van der Waals surface area contributed by atoms with Gasteiger partial charge in [-0.05, 0) is 45.8 Å². The Morgan fingerprint density at radius 3 is 2.20 bits per heavy atom. The van der Waals surface area contributed by atoms with E-state index in [-0.39, 0.29) is 0 Å². The van der Waals surface area contributed by atoms with Gasteiger partial charge in [-0.1, -0.05) is 0 Å². The van der Waals surface area contributed by atoms with Crippen molar-refractivity contribution in [1.82, 2.24) is 24.7 Å². The first-order valence-corrected chi connectivity index (χ1v) is 9.66. The van der Waals surface area contributed by atoms with E-state index in [1.165, 1.54) is 57.7 Å². The molecule has 6 nitrogen and oxygen atoms in total. The predicted molar refractivity (Wildman–Crippen MR) is 103 cm³/mol. The van der Waals surface area contributed by atoms with Gasteiger partial charge in [0.1, 0.15) is 0 Å². The molecule has 2 saturated heterocycles. The predicted octanol–water partition coefficient (Wildman–Crippen LogP) is 1.39. The van der Waals surface area contributed by atoms with Crippen LogP contribution in [-0.4, -0.2) is 91.1 Å². The topological polar surface area (TPSA) is 38.7 Å². The number of likely N-dealkylation sites (tertiary alicyclic amines) is 1. The van der Waals surface area contributed by atoms with Crippen LogP contribution in [0.2, 0.25) is 0 Å². The Bertz CT molecular complexity index is 515. The lowest BCUT2D eigenvalue weighted by Gasteiger charge is -2.42. The largest absolute Gasteiger partial charge is 0.347 e. The van der Waals surface area contributed by atoms with Gasteiger partial charge in [0.2, 0.25) is 5.95 Å². The highest BCUT2D eigenvalue weighted by Crippen LogP contribution is 2.25. The number of nitrogens with zero attached hydrogens (tertiary/aromatic N) is 6. The van der Waals surface area contributed by atoms with Crippen molar-refractivity contribution in [2.45, 2.75) is 32.4 Å². The summed E-state index contributed by atoms with van der Waals surface area (Å²) in [7, 11) is 6.18. The van der Waals surface area contributed by atoms with Crippen LogP contribution in [0.3, 0.4) is 0 Å². The molecule has 140 valence electrons. The van der Waals surface area contributed by atoms with Gasteiger partial charge in [0, 0.05) is 70.8 Å². The fraction of sp³-hybridized carbons (Fsp3) is 0.789. The van der Waals surface area contributed by atoms with Gasteiger partial charge < -0.3 is 9.80 Å². The van der Waals surface area contributed by atoms with Crippen molar-refractivity contribution in [2.24, 2.45) is 5.92 Å². The summed E-state index contributed by atoms with van der Waals surface area (Å²) in [4.78, 5) is 18.5. The van der Waals surface area contributed by atoms with Gasteiger partial charge in [-0.25, -0.2) is 9.97 Å². The summed E-state index contributed by atoms with van der Waals surface area (Å²) in [6, 6.07) is 0.721. The molecule has 0 aliphatic carbocycles. The quantitative estimate of drug-likeness (QED) is 0.802. The fourth-order valence-corrected chi connectivity index (χ4v) is 4.04. The number of anilines is 1. The van der Waals surface area contributed by atoms with Crippen molar-refractivity contribution < 1.29 is 0 Å². The molecule has 0 bridgehead atoms. The first-order chi connectivity index (χ1) is 12.0. The molecular formula is C19H34N6. The van der Waals surface area contributed by atoms with Gasteiger partial charge in [0.25, 0.3) is 0 Å². The zero-order chi connectivity index (χ0) is 17.8. The molecule has 1 atom stereocenters. The molecule has 0 spiro atoms. The summed E-state index contributed by atoms with van der Waals surface area (Å²) in [6.45, 7) is 10.7. The van der Waals surface area contributed by atoms with Crippen LogP contribution in [0.1, 0.15) is 25.3 Å². The summed E-state index contributed by atoms with van der Waals surface area (Å²) in [5.41, 5.74) is 1.22. The molecule has 0 aromatic carbocycles. The van der Waals surface area contributed by atoms with Crippen LogP contribution in [0.5, 0.6) is 0 Å². The summed E-state index contributed by atoms with van der Waals surface area (Å²) < 4.78 is 0. The lowest BCUT2D eigenvalue weighted by atomic mass is 9.89. The van der Waals surface area contributed by atoms with Gasteiger partial charge in [-0.2, -0.15) is 0 Å². The average Bonchev–Trinajstić information content (AvgIpc) is 2.63. The summed E-state index contributed by atoms with van der Waals surface area (Å²) in [6.07, 6.45) is 6.57.